The van der Waals surface area contributed by atoms with Gasteiger partial charge in [0.05, 0.1) is 13.0 Å². The zero-order valence-corrected chi connectivity index (χ0v) is 10.7. The normalized spacial score (nSPS) is 17.7. The second kappa shape index (κ2) is 5.14. The highest BCUT2D eigenvalue weighted by Gasteiger charge is 2.28. The van der Waals surface area contributed by atoms with Gasteiger partial charge in [-0.25, -0.2) is 0 Å². The van der Waals surface area contributed by atoms with Crippen LogP contribution in [0.3, 0.4) is 0 Å². The Morgan fingerprint density at radius 1 is 1.05 bits per heavy atom. The summed E-state index contributed by atoms with van der Waals surface area (Å²) in [5, 5.41) is 4.21. The van der Waals surface area contributed by atoms with Crippen LogP contribution in [0.5, 0.6) is 5.75 Å². The molecule has 0 bridgehead atoms. The quantitative estimate of drug-likeness (QED) is 0.841. The number of oxime groups is 1. The van der Waals surface area contributed by atoms with Crippen molar-refractivity contribution in [3.8, 4) is 5.75 Å². The van der Waals surface area contributed by atoms with Gasteiger partial charge in [-0.1, -0.05) is 47.6 Å². The summed E-state index contributed by atoms with van der Waals surface area (Å²) in [6.07, 6.45) is 0. The molecule has 1 heterocycles. The maximum Gasteiger partial charge on any atom is 0.129 e. The first kappa shape index (κ1) is 11.8. The van der Waals surface area contributed by atoms with Crippen LogP contribution in [0.2, 0.25) is 0 Å². The Morgan fingerprint density at radius 3 is 2.58 bits per heavy atom. The minimum absolute atomic E-state index is 0.164. The number of hydrogen-bond acceptors (Lipinski definition) is 3. The van der Waals surface area contributed by atoms with Gasteiger partial charge in [-0.05, 0) is 17.7 Å². The molecular formula is C16H15NO2. The van der Waals surface area contributed by atoms with E-state index < -0.39 is 0 Å². The highest BCUT2D eigenvalue weighted by Crippen LogP contribution is 2.30. The third-order valence-electron chi connectivity index (χ3n) is 3.32. The molecule has 96 valence electrons. The molecular weight excluding hydrogens is 238 g/mol. The van der Waals surface area contributed by atoms with Crippen molar-refractivity contribution in [2.75, 3.05) is 13.7 Å². The third-order valence-corrected chi connectivity index (χ3v) is 3.32. The van der Waals surface area contributed by atoms with Crippen molar-refractivity contribution < 1.29 is 9.57 Å². The van der Waals surface area contributed by atoms with Crippen molar-refractivity contribution in [2.45, 2.75) is 5.92 Å². The molecule has 0 spiro atoms. The number of nitrogens with zero attached hydrogens (tertiary/aromatic N) is 1. The van der Waals surface area contributed by atoms with Gasteiger partial charge in [0.15, 0.2) is 0 Å². The first-order valence-electron chi connectivity index (χ1n) is 6.28. The van der Waals surface area contributed by atoms with Gasteiger partial charge < -0.3 is 9.57 Å². The molecule has 0 saturated carbocycles. The molecule has 0 aromatic heterocycles. The molecule has 0 amide bonds. The summed E-state index contributed by atoms with van der Waals surface area (Å²) >= 11 is 0. The van der Waals surface area contributed by atoms with Gasteiger partial charge >= 0.3 is 0 Å². The molecule has 0 radical (unpaired) electrons. The zero-order chi connectivity index (χ0) is 13.1. The van der Waals surface area contributed by atoms with E-state index in [4.69, 9.17) is 9.57 Å². The van der Waals surface area contributed by atoms with E-state index in [0.717, 1.165) is 17.0 Å². The summed E-state index contributed by atoms with van der Waals surface area (Å²) < 4.78 is 5.41. The summed E-state index contributed by atoms with van der Waals surface area (Å²) in [7, 11) is 1.67. The van der Waals surface area contributed by atoms with Gasteiger partial charge in [-0.2, -0.15) is 0 Å². The maximum absolute atomic E-state index is 5.41. The van der Waals surface area contributed by atoms with E-state index >= 15 is 0 Å². The molecule has 0 aliphatic carbocycles. The Morgan fingerprint density at radius 2 is 1.79 bits per heavy atom. The second-order valence-corrected chi connectivity index (χ2v) is 4.44. The largest absolute Gasteiger partial charge is 0.496 e. The fourth-order valence-electron chi connectivity index (χ4n) is 2.36. The summed E-state index contributed by atoms with van der Waals surface area (Å²) in [5.41, 5.74) is 3.14. The number of rotatable bonds is 3. The number of methoxy groups -OCH3 is 1. The van der Waals surface area contributed by atoms with Gasteiger partial charge in [-0.3, -0.25) is 0 Å². The Labute approximate surface area is 112 Å². The molecule has 0 saturated heterocycles. The van der Waals surface area contributed by atoms with Crippen molar-refractivity contribution in [2.24, 2.45) is 5.16 Å². The van der Waals surface area contributed by atoms with Gasteiger partial charge in [0.2, 0.25) is 0 Å². The Hall–Kier alpha value is -2.29. The van der Waals surface area contributed by atoms with Crippen LogP contribution in [-0.4, -0.2) is 19.4 Å². The van der Waals surface area contributed by atoms with Crippen LogP contribution in [0.25, 0.3) is 0 Å². The molecule has 3 nitrogen and oxygen atoms in total. The lowest BCUT2D eigenvalue weighted by molar-refractivity contribution is 0.166. The monoisotopic (exact) mass is 253 g/mol. The van der Waals surface area contributed by atoms with E-state index in [1.54, 1.807) is 7.11 Å². The number of benzene rings is 2. The number of ether oxygens (including phenoxy) is 1. The van der Waals surface area contributed by atoms with E-state index in [2.05, 4.69) is 17.3 Å². The maximum atomic E-state index is 5.41. The van der Waals surface area contributed by atoms with Gasteiger partial charge in [0.25, 0.3) is 0 Å². The highest BCUT2D eigenvalue weighted by molar-refractivity contribution is 6.07. The average Bonchev–Trinajstić information content (AvgIpc) is 2.97. The fourth-order valence-corrected chi connectivity index (χ4v) is 2.36. The predicted octanol–water partition coefficient (Wildman–Crippen LogP) is 3.21. The fraction of sp³-hybridized carbons (Fsp3) is 0.188. The SMILES string of the molecule is COc1ccccc1C1=NOC[C@H]1c1ccccc1. The van der Waals surface area contributed by atoms with E-state index in [9.17, 15) is 0 Å². The lowest BCUT2D eigenvalue weighted by Crippen LogP contribution is -2.13. The molecule has 0 fully saturated rings. The van der Waals surface area contributed by atoms with Crippen LogP contribution < -0.4 is 4.74 Å². The minimum atomic E-state index is 0.164. The average molecular weight is 253 g/mol. The number of para-hydroxylation sites is 1. The first-order valence-corrected chi connectivity index (χ1v) is 6.28. The number of hydrogen-bond donors (Lipinski definition) is 0. The summed E-state index contributed by atoms with van der Waals surface area (Å²) in [4.78, 5) is 5.31. The third kappa shape index (κ3) is 2.19. The van der Waals surface area contributed by atoms with Crippen LogP contribution >= 0.6 is 0 Å². The van der Waals surface area contributed by atoms with Gasteiger partial charge in [0, 0.05) is 5.56 Å². The molecule has 0 N–H and O–H groups in total. The lowest BCUT2D eigenvalue weighted by Gasteiger charge is -2.13. The lowest BCUT2D eigenvalue weighted by atomic mass is 9.91. The van der Waals surface area contributed by atoms with Gasteiger partial charge in [-0.15, -0.1) is 0 Å². The molecule has 2 aromatic rings. The summed E-state index contributed by atoms with van der Waals surface area (Å²) in [6.45, 7) is 0.581. The molecule has 1 aliphatic heterocycles. The molecule has 19 heavy (non-hydrogen) atoms. The second-order valence-electron chi connectivity index (χ2n) is 4.44. The molecule has 1 atom stereocenters. The van der Waals surface area contributed by atoms with E-state index in [1.807, 2.05) is 42.5 Å². The summed E-state index contributed by atoms with van der Waals surface area (Å²) in [5.74, 6) is 0.991. The standard InChI is InChI=1S/C16H15NO2/c1-18-15-10-6-5-9-13(15)16-14(11-19-17-16)12-7-3-2-4-8-12/h2-10,14H,11H2,1H3/t14-/m0/s1. The van der Waals surface area contributed by atoms with E-state index in [0.29, 0.717) is 6.61 Å². The minimum Gasteiger partial charge on any atom is -0.496 e. The molecule has 1 aliphatic rings. The van der Waals surface area contributed by atoms with Gasteiger partial charge in [0.1, 0.15) is 18.1 Å². The smallest absolute Gasteiger partial charge is 0.129 e. The van der Waals surface area contributed by atoms with Crippen molar-refractivity contribution in [1.29, 1.82) is 0 Å². The van der Waals surface area contributed by atoms with Crippen molar-refractivity contribution in [1.82, 2.24) is 0 Å². The summed E-state index contributed by atoms with van der Waals surface area (Å²) in [6, 6.07) is 18.2. The topological polar surface area (TPSA) is 30.8 Å². The first-order chi connectivity index (χ1) is 9.40. The Kier molecular flexibility index (Phi) is 3.19. The van der Waals surface area contributed by atoms with E-state index in [1.165, 1.54) is 5.56 Å². The zero-order valence-electron chi connectivity index (χ0n) is 10.7. The van der Waals surface area contributed by atoms with Crippen LogP contribution in [-0.2, 0) is 4.84 Å². The van der Waals surface area contributed by atoms with Crippen molar-refractivity contribution in [3.63, 3.8) is 0 Å². The van der Waals surface area contributed by atoms with Crippen LogP contribution in [0.1, 0.15) is 17.0 Å². The van der Waals surface area contributed by atoms with Crippen molar-refractivity contribution in [3.05, 3.63) is 65.7 Å². The van der Waals surface area contributed by atoms with Crippen molar-refractivity contribution >= 4 is 5.71 Å². The predicted molar refractivity (Wildman–Crippen MR) is 74.7 cm³/mol. The Bertz CT molecular complexity index is 593. The molecule has 3 heteroatoms. The Balaban J connectivity index is 2.00. The molecule has 3 rings (SSSR count). The van der Waals surface area contributed by atoms with Crippen LogP contribution in [0.4, 0.5) is 0 Å². The highest BCUT2D eigenvalue weighted by atomic mass is 16.6. The molecule has 0 unspecified atom stereocenters. The van der Waals surface area contributed by atoms with E-state index in [-0.39, 0.29) is 5.92 Å². The van der Waals surface area contributed by atoms with Crippen LogP contribution in [0.15, 0.2) is 59.8 Å². The molecule has 2 aromatic carbocycles. The van der Waals surface area contributed by atoms with Crippen LogP contribution in [0, 0.1) is 0 Å².